The second kappa shape index (κ2) is 8.05. The van der Waals surface area contributed by atoms with Crippen LogP contribution in [0.5, 0.6) is 5.75 Å². The Morgan fingerprint density at radius 1 is 1.42 bits per heavy atom. The number of alkyl halides is 1. The molecular formula is C15H22ClNO2. The molecule has 1 atom stereocenters. The molecule has 0 aliphatic carbocycles. The molecule has 0 aromatic heterocycles. The molecule has 0 aliphatic rings. The molecule has 1 aromatic rings. The van der Waals surface area contributed by atoms with Crippen LogP contribution in [0.2, 0.25) is 0 Å². The number of aromatic hydroxyl groups is 1. The van der Waals surface area contributed by atoms with Crippen LogP contribution in [0.4, 0.5) is 0 Å². The van der Waals surface area contributed by atoms with Crippen LogP contribution >= 0.6 is 11.6 Å². The van der Waals surface area contributed by atoms with Gasteiger partial charge in [-0.1, -0.05) is 13.3 Å². The van der Waals surface area contributed by atoms with Gasteiger partial charge in [0.05, 0.1) is 0 Å². The maximum Gasteiger partial charge on any atom is 0.251 e. The average Bonchev–Trinajstić information content (AvgIpc) is 2.39. The minimum Gasteiger partial charge on any atom is -0.508 e. The minimum absolute atomic E-state index is 0.0984. The van der Waals surface area contributed by atoms with Gasteiger partial charge in [0, 0.05) is 18.0 Å². The van der Waals surface area contributed by atoms with Crippen LogP contribution in [0.15, 0.2) is 18.2 Å². The maximum atomic E-state index is 12.0. The van der Waals surface area contributed by atoms with Crippen molar-refractivity contribution in [3.8, 4) is 5.75 Å². The van der Waals surface area contributed by atoms with Gasteiger partial charge in [-0.05, 0) is 49.4 Å². The number of phenols is 1. The van der Waals surface area contributed by atoms with E-state index in [1.54, 1.807) is 25.1 Å². The third-order valence-corrected chi connectivity index (χ3v) is 3.44. The molecule has 0 heterocycles. The molecule has 1 rings (SSSR count). The molecule has 19 heavy (non-hydrogen) atoms. The first kappa shape index (κ1) is 15.8. The predicted molar refractivity (Wildman–Crippen MR) is 78.9 cm³/mol. The van der Waals surface area contributed by atoms with E-state index in [0.717, 1.165) is 19.3 Å². The largest absolute Gasteiger partial charge is 0.508 e. The number of benzene rings is 1. The standard InChI is InChI=1S/C15H22ClNO2/c1-3-4-12(7-8-16)10-17-15(19)13-5-6-14(18)11(2)9-13/h5-6,9,12,18H,3-4,7-8,10H2,1-2H3,(H,17,19). The molecule has 0 fully saturated rings. The van der Waals surface area contributed by atoms with Crippen molar-refractivity contribution in [2.45, 2.75) is 33.1 Å². The molecule has 0 aliphatic heterocycles. The van der Waals surface area contributed by atoms with E-state index >= 15 is 0 Å². The second-order valence-corrected chi connectivity index (χ2v) is 5.22. The van der Waals surface area contributed by atoms with Crippen molar-refractivity contribution in [2.75, 3.05) is 12.4 Å². The number of nitrogens with one attached hydrogen (secondary N) is 1. The van der Waals surface area contributed by atoms with Gasteiger partial charge in [-0.3, -0.25) is 4.79 Å². The zero-order valence-corrected chi connectivity index (χ0v) is 12.3. The number of halogens is 1. The summed E-state index contributed by atoms with van der Waals surface area (Å²) in [6.45, 7) is 4.56. The number of carbonyl (C=O) groups excluding carboxylic acids is 1. The molecule has 2 N–H and O–H groups in total. The highest BCUT2D eigenvalue weighted by molar-refractivity contribution is 6.17. The summed E-state index contributed by atoms with van der Waals surface area (Å²) in [5, 5.41) is 12.4. The smallest absolute Gasteiger partial charge is 0.251 e. The maximum absolute atomic E-state index is 12.0. The lowest BCUT2D eigenvalue weighted by molar-refractivity contribution is 0.0946. The van der Waals surface area contributed by atoms with Gasteiger partial charge < -0.3 is 10.4 Å². The van der Waals surface area contributed by atoms with E-state index < -0.39 is 0 Å². The molecule has 0 bridgehead atoms. The topological polar surface area (TPSA) is 49.3 Å². The van der Waals surface area contributed by atoms with Gasteiger partial charge in [0.25, 0.3) is 5.91 Å². The van der Waals surface area contributed by atoms with Crippen molar-refractivity contribution >= 4 is 17.5 Å². The summed E-state index contributed by atoms with van der Waals surface area (Å²) >= 11 is 5.76. The van der Waals surface area contributed by atoms with Crippen molar-refractivity contribution in [3.63, 3.8) is 0 Å². The van der Waals surface area contributed by atoms with Crippen LogP contribution in [0, 0.1) is 12.8 Å². The monoisotopic (exact) mass is 283 g/mol. The Bertz CT molecular complexity index is 415. The summed E-state index contributed by atoms with van der Waals surface area (Å²) in [5.74, 6) is 1.17. The van der Waals surface area contributed by atoms with Crippen molar-refractivity contribution in [1.82, 2.24) is 5.32 Å². The first-order chi connectivity index (χ1) is 9.08. The van der Waals surface area contributed by atoms with Crippen LogP contribution < -0.4 is 5.32 Å². The van der Waals surface area contributed by atoms with E-state index in [2.05, 4.69) is 12.2 Å². The number of carbonyl (C=O) groups is 1. The number of hydrogen-bond acceptors (Lipinski definition) is 2. The lowest BCUT2D eigenvalue weighted by Crippen LogP contribution is -2.29. The fourth-order valence-corrected chi connectivity index (χ4v) is 2.36. The van der Waals surface area contributed by atoms with Gasteiger partial charge in [0.15, 0.2) is 0 Å². The summed E-state index contributed by atoms with van der Waals surface area (Å²) in [6, 6.07) is 4.88. The first-order valence-electron chi connectivity index (χ1n) is 6.72. The molecule has 106 valence electrons. The Morgan fingerprint density at radius 2 is 2.16 bits per heavy atom. The van der Waals surface area contributed by atoms with E-state index in [9.17, 15) is 9.90 Å². The van der Waals surface area contributed by atoms with Gasteiger partial charge in [-0.2, -0.15) is 0 Å². The zero-order chi connectivity index (χ0) is 14.3. The van der Waals surface area contributed by atoms with E-state index in [0.29, 0.717) is 29.5 Å². The summed E-state index contributed by atoms with van der Waals surface area (Å²) in [5.41, 5.74) is 1.29. The predicted octanol–water partition coefficient (Wildman–Crippen LogP) is 3.48. The van der Waals surface area contributed by atoms with Gasteiger partial charge in [0.1, 0.15) is 5.75 Å². The second-order valence-electron chi connectivity index (χ2n) is 4.84. The number of hydrogen-bond donors (Lipinski definition) is 2. The highest BCUT2D eigenvalue weighted by Crippen LogP contribution is 2.17. The first-order valence-corrected chi connectivity index (χ1v) is 7.25. The Hall–Kier alpha value is -1.22. The fraction of sp³-hybridized carbons (Fsp3) is 0.533. The molecule has 0 spiro atoms. The summed E-state index contributed by atoms with van der Waals surface area (Å²) in [7, 11) is 0. The van der Waals surface area contributed by atoms with Crippen molar-refractivity contribution < 1.29 is 9.90 Å². The summed E-state index contributed by atoms with van der Waals surface area (Å²) in [4.78, 5) is 12.0. The Balaban J connectivity index is 2.56. The lowest BCUT2D eigenvalue weighted by Gasteiger charge is -2.15. The fourth-order valence-electron chi connectivity index (χ4n) is 2.05. The Morgan fingerprint density at radius 3 is 2.74 bits per heavy atom. The van der Waals surface area contributed by atoms with Gasteiger partial charge in [0.2, 0.25) is 0 Å². The van der Waals surface area contributed by atoms with Gasteiger partial charge in [-0.25, -0.2) is 0 Å². The van der Waals surface area contributed by atoms with Crippen molar-refractivity contribution in [3.05, 3.63) is 29.3 Å². The van der Waals surface area contributed by atoms with Crippen LogP contribution in [0.1, 0.15) is 42.1 Å². The highest BCUT2D eigenvalue weighted by Gasteiger charge is 2.11. The third kappa shape index (κ3) is 5.11. The van der Waals surface area contributed by atoms with Crippen LogP contribution in [0.3, 0.4) is 0 Å². The molecule has 0 radical (unpaired) electrons. The SMILES string of the molecule is CCCC(CCCl)CNC(=O)c1ccc(O)c(C)c1. The Kier molecular flexibility index (Phi) is 6.71. The van der Waals surface area contributed by atoms with Crippen LogP contribution in [-0.4, -0.2) is 23.4 Å². The number of rotatable bonds is 7. The quantitative estimate of drug-likeness (QED) is 0.753. The normalized spacial score (nSPS) is 12.2. The number of aryl methyl sites for hydroxylation is 1. The number of amides is 1. The van der Waals surface area contributed by atoms with E-state index in [-0.39, 0.29) is 11.7 Å². The van der Waals surface area contributed by atoms with E-state index in [1.807, 2.05) is 0 Å². The molecule has 0 saturated carbocycles. The van der Waals surface area contributed by atoms with Crippen molar-refractivity contribution in [1.29, 1.82) is 0 Å². The highest BCUT2D eigenvalue weighted by atomic mass is 35.5. The molecule has 3 nitrogen and oxygen atoms in total. The van der Waals surface area contributed by atoms with Crippen LogP contribution in [0.25, 0.3) is 0 Å². The van der Waals surface area contributed by atoms with Gasteiger partial charge >= 0.3 is 0 Å². The number of phenolic OH excluding ortho intramolecular Hbond substituents is 1. The summed E-state index contributed by atoms with van der Waals surface area (Å²) in [6.07, 6.45) is 3.08. The molecular weight excluding hydrogens is 262 g/mol. The molecule has 0 saturated heterocycles. The zero-order valence-electron chi connectivity index (χ0n) is 11.6. The molecule has 1 unspecified atom stereocenters. The van der Waals surface area contributed by atoms with Gasteiger partial charge in [-0.15, -0.1) is 11.6 Å². The summed E-state index contributed by atoms with van der Waals surface area (Å²) < 4.78 is 0. The molecule has 1 aromatic carbocycles. The van der Waals surface area contributed by atoms with Crippen LogP contribution in [-0.2, 0) is 0 Å². The molecule has 1 amide bonds. The van der Waals surface area contributed by atoms with Crippen molar-refractivity contribution in [2.24, 2.45) is 5.92 Å². The van der Waals surface area contributed by atoms with E-state index in [1.165, 1.54) is 0 Å². The average molecular weight is 284 g/mol. The third-order valence-electron chi connectivity index (χ3n) is 3.22. The Labute approximate surface area is 120 Å². The minimum atomic E-state index is -0.0984. The van der Waals surface area contributed by atoms with E-state index in [4.69, 9.17) is 11.6 Å². The lowest BCUT2D eigenvalue weighted by atomic mass is 10.0. The molecule has 4 heteroatoms.